The Morgan fingerprint density at radius 2 is 1.76 bits per heavy atom. The van der Waals surface area contributed by atoms with E-state index in [1.165, 1.54) is 18.2 Å². The summed E-state index contributed by atoms with van der Waals surface area (Å²) in [5.74, 6) is 0.0405. The highest BCUT2D eigenvalue weighted by atomic mass is 16.5. The molecule has 1 heterocycles. The number of methoxy groups -OCH3 is 1. The quantitative estimate of drug-likeness (QED) is 0.799. The van der Waals surface area contributed by atoms with Crippen molar-refractivity contribution in [3.05, 3.63) is 35.4 Å². The van der Waals surface area contributed by atoms with Crippen LogP contribution in [0.4, 0.5) is 0 Å². The second kappa shape index (κ2) is 6.61. The van der Waals surface area contributed by atoms with E-state index >= 15 is 0 Å². The molecular weight excluding hydrogens is 262 g/mol. The fraction of sp³-hybridized carbons (Fsp3) is 0.611. The Hall–Kier alpha value is -1.35. The predicted octanol–water partition coefficient (Wildman–Crippen LogP) is 3.37. The summed E-state index contributed by atoms with van der Waals surface area (Å²) in [7, 11) is 1.48. The number of ether oxygens (including phenoxy) is 1. The molecule has 1 saturated heterocycles. The lowest BCUT2D eigenvalue weighted by atomic mass is 9.86. The third-order valence-electron chi connectivity index (χ3n) is 4.35. The van der Waals surface area contributed by atoms with E-state index in [9.17, 15) is 4.79 Å². The van der Waals surface area contributed by atoms with Crippen molar-refractivity contribution in [1.29, 1.82) is 0 Å². The topological polar surface area (TPSA) is 29.5 Å². The smallest absolute Gasteiger partial charge is 0.308 e. The number of nitrogens with zero attached hydrogens (tertiary/aromatic N) is 1. The summed E-state index contributed by atoms with van der Waals surface area (Å²) in [5, 5.41) is 0. The predicted molar refractivity (Wildman–Crippen MR) is 85.2 cm³/mol. The van der Waals surface area contributed by atoms with Crippen LogP contribution in [-0.2, 0) is 21.5 Å². The molecule has 0 amide bonds. The summed E-state index contributed by atoms with van der Waals surface area (Å²) in [6, 6.07) is 8.92. The van der Waals surface area contributed by atoms with Gasteiger partial charge in [0.05, 0.1) is 13.0 Å². The zero-order valence-electron chi connectivity index (χ0n) is 13.7. The van der Waals surface area contributed by atoms with Gasteiger partial charge in [-0.25, -0.2) is 0 Å². The van der Waals surface area contributed by atoms with Crippen LogP contribution in [0.1, 0.15) is 44.7 Å². The van der Waals surface area contributed by atoms with E-state index in [1.807, 2.05) is 0 Å². The van der Waals surface area contributed by atoms with Crippen LogP contribution in [0.25, 0.3) is 0 Å². The maximum atomic E-state index is 11.5. The van der Waals surface area contributed by atoms with Crippen molar-refractivity contribution in [1.82, 2.24) is 4.90 Å². The first-order chi connectivity index (χ1) is 9.90. The van der Waals surface area contributed by atoms with E-state index in [2.05, 4.69) is 49.9 Å². The molecule has 3 heteroatoms. The van der Waals surface area contributed by atoms with Gasteiger partial charge in [0.25, 0.3) is 0 Å². The van der Waals surface area contributed by atoms with Gasteiger partial charge in [-0.2, -0.15) is 0 Å². The first-order valence-corrected chi connectivity index (χ1v) is 7.80. The molecule has 0 N–H and O–H groups in total. The lowest BCUT2D eigenvalue weighted by Crippen LogP contribution is -2.36. The minimum atomic E-state index is -0.0517. The summed E-state index contributed by atoms with van der Waals surface area (Å²) in [6.45, 7) is 9.62. The lowest BCUT2D eigenvalue weighted by Gasteiger charge is -2.30. The molecule has 2 rings (SSSR count). The van der Waals surface area contributed by atoms with Gasteiger partial charge in [0, 0.05) is 6.54 Å². The van der Waals surface area contributed by atoms with Crippen molar-refractivity contribution < 1.29 is 9.53 Å². The Labute approximate surface area is 128 Å². The fourth-order valence-electron chi connectivity index (χ4n) is 2.86. The van der Waals surface area contributed by atoms with E-state index in [0.717, 1.165) is 32.5 Å². The van der Waals surface area contributed by atoms with Gasteiger partial charge in [-0.3, -0.25) is 9.69 Å². The lowest BCUT2D eigenvalue weighted by molar-refractivity contribution is -0.147. The summed E-state index contributed by atoms with van der Waals surface area (Å²) in [6.07, 6.45) is 1.82. The number of piperidine rings is 1. The van der Waals surface area contributed by atoms with Crippen LogP contribution in [0.3, 0.4) is 0 Å². The molecule has 116 valence electrons. The first-order valence-electron chi connectivity index (χ1n) is 7.80. The molecule has 0 aliphatic carbocycles. The Bertz CT molecular complexity index is 465. The number of likely N-dealkylation sites (tertiary alicyclic amines) is 1. The molecule has 1 fully saturated rings. The van der Waals surface area contributed by atoms with Gasteiger partial charge in [-0.15, -0.1) is 0 Å². The average molecular weight is 289 g/mol. The minimum Gasteiger partial charge on any atom is -0.469 e. The molecule has 0 radical (unpaired) electrons. The summed E-state index contributed by atoms with van der Waals surface area (Å²) >= 11 is 0. The van der Waals surface area contributed by atoms with Crippen LogP contribution in [0.15, 0.2) is 24.3 Å². The number of benzene rings is 1. The zero-order valence-corrected chi connectivity index (χ0v) is 13.7. The molecule has 0 spiro atoms. The normalized spacial score (nSPS) is 17.7. The molecule has 0 unspecified atom stereocenters. The van der Waals surface area contributed by atoms with E-state index in [-0.39, 0.29) is 17.3 Å². The minimum absolute atomic E-state index is 0.0517. The number of hydrogen-bond donors (Lipinski definition) is 0. The first kappa shape index (κ1) is 16.0. The fourth-order valence-corrected chi connectivity index (χ4v) is 2.86. The van der Waals surface area contributed by atoms with Gasteiger partial charge in [0.15, 0.2) is 0 Å². The van der Waals surface area contributed by atoms with Crippen LogP contribution < -0.4 is 0 Å². The Morgan fingerprint density at radius 1 is 1.19 bits per heavy atom. The monoisotopic (exact) mass is 289 g/mol. The number of rotatable bonds is 3. The zero-order chi connectivity index (χ0) is 15.5. The largest absolute Gasteiger partial charge is 0.469 e. The molecule has 1 aliphatic rings. The second-order valence-electron chi connectivity index (χ2n) is 7.02. The third kappa shape index (κ3) is 4.31. The van der Waals surface area contributed by atoms with Crippen molar-refractivity contribution in [3.63, 3.8) is 0 Å². The molecule has 1 aromatic rings. The van der Waals surface area contributed by atoms with Crippen molar-refractivity contribution in [2.45, 2.75) is 45.6 Å². The van der Waals surface area contributed by atoms with Crippen molar-refractivity contribution >= 4 is 5.97 Å². The molecule has 1 aliphatic heterocycles. The highest BCUT2D eigenvalue weighted by Crippen LogP contribution is 2.24. The summed E-state index contributed by atoms with van der Waals surface area (Å²) in [5.41, 5.74) is 2.92. The molecule has 21 heavy (non-hydrogen) atoms. The number of esters is 1. The SMILES string of the molecule is COC(=O)C1CCN(Cc2ccc(C(C)(C)C)cc2)CC1. The Balaban J connectivity index is 1.88. The van der Waals surface area contributed by atoms with E-state index < -0.39 is 0 Å². The van der Waals surface area contributed by atoms with E-state index in [4.69, 9.17) is 4.74 Å². The van der Waals surface area contributed by atoms with Crippen molar-refractivity contribution in [2.75, 3.05) is 20.2 Å². The Morgan fingerprint density at radius 3 is 2.24 bits per heavy atom. The van der Waals surface area contributed by atoms with Crippen LogP contribution in [0.5, 0.6) is 0 Å². The van der Waals surface area contributed by atoms with E-state index in [1.54, 1.807) is 0 Å². The van der Waals surface area contributed by atoms with E-state index in [0.29, 0.717) is 0 Å². The van der Waals surface area contributed by atoms with Gasteiger partial charge in [-0.05, 0) is 42.5 Å². The van der Waals surface area contributed by atoms with Crippen LogP contribution in [0.2, 0.25) is 0 Å². The number of carbonyl (C=O) groups is 1. The average Bonchev–Trinajstić information content (AvgIpc) is 2.47. The van der Waals surface area contributed by atoms with Gasteiger partial charge in [-0.1, -0.05) is 45.0 Å². The molecule has 0 aromatic heterocycles. The molecule has 1 aromatic carbocycles. The number of hydrogen-bond acceptors (Lipinski definition) is 3. The molecule has 3 nitrogen and oxygen atoms in total. The molecule has 0 atom stereocenters. The molecular formula is C18H27NO2. The third-order valence-corrected chi connectivity index (χ3v) is 4.35. The molecule has 0 saturated carbocycles. The Kier molecular flexibility index (Phi) is 5.04. The van der Waals surface area contributed by atoms with Gasteiger partial charge in [0.1, 0.15) is 0 Å². The maximum absolute atomic E-state index is 11.5. The second-order valence-corrected chi connectivity index (χ2v) is 7.02. The standard InChI is InChI=1S/C18H27NO2/c1-18(2,3)16-7-5-14(6-8-16)13-19-11-9-15(10-12-19)17(20)21-4/h5-8,15H,9-13H2,1-4H3. The van der Waals surface area contributed by atoms with Crippen molar-refractivity contribution in [3.8, 4) is 0 Å². The van der Waals surface area contributed by atoms with Crippen LogP contribution in [0, 0.1) is 5.92 Å². The molecule has 0 bridgehead atoms. The van der Waals surface area contributed by atoms with Crippen molar-refractivity contribution in [2.24, 2.45) is 5.92 Å². The van der Waals surface area contributed by atoms with Gasteiger partial charge >= 0.3 is 5.97 Å². The highest BCUT2D eigenvalue weighted by Gasteiger charge is 2.25. The van der Waals surface area contributed by atoms with Gasteiger partial charge < -0.3 is 4.74 Å². The summed E-state index contributed by atoms with van der Waals surface area (Å²) < 4.78 is 4.83. The maximum Gasteiger partial charge on any atom is 0.308 e. The van der Waals surface area contributed by atoms with Crippen LogP contribution >= 0.6 is 0 Å². The summed E-state index contributed by atoms with van der Waals surface area (Å²) in [4.78, 5) is 13.9. The highest BCUT2D eigenvalue weighted by molar-refractivity contribution is 5.72. The van der Waals surface area contributed by atoms with Crippen LogP contribution in [-0.4, -0.2) is 31.1 Å². The van der Waals surface area contributed by atoms with Gasteiger partial charge in [0.2, 0.25) is 0 Å². The number of carbonyl (C=O) groups excluding carboxylic acids is 1.